The topological polar surface area (TPSA) is 65.5 Å². The number of benzene rings is 1. The highest BCUT2D eigenvalue weighted by Gasteiger charge is 2.39. The fraction of sp³-hybridized carbons (Fsp3) is 0.552. The van der Waals surface area contributed by atoms with Gasteiger partial charge in [0, 0.05) is 29.7 Å². The van der Waals surface area contributed by atoms with Gasteiger partial charge in [-0.2, -0.15) is 0 Å². The van der Waals surface area contributed by atoms with Crippen LogP contribution in [0.15, 0.2) is 48.8 Å². The van der Waals surface area contributed by atoms with Gasteiger partial charge in [0.25, 0.3) is 0 Å². The van der Waals surface area contributed by atoms with Crippen molar-refractivity contribution in [3.8, 4) is 0 Å². The number of pyridine rings is 1. The molecule has 1 saturated heterocycles. The Bertz CT molecular complexity index is 994. The second-order valence-electron chi connectivity index (χ2n) is 11.2. The van der Waals surface area contributed by atoms with Crippen LogP contribution in [0, 0.1) is 0 Å². The molecule has 0 spiro atoms. The molecule has 2 heterocycles. The molecular formula is C29H40N4O2. The monoisotopic (exact) mass is 476 g/mol. The van der Waals surface area contributed by atoms with Gasteiger partial charge < -0.3 is 5.32 Å². The maximum Gasteiger partial charge on any atom is 0.248 e. The van der Waals surface area contributed by atoms with Crippen molar-refractivity contribution in [1.29, 1.82) is 0 Å². The lowest BCUT2D eigenvalue weighted by molar-refractivity contribution is -0.129. The van der Waals surface area contributed by atoms with Crippen LogP contribution in [0.25, 0.3) is 0 Å². The number of carbonyl (C=O) groups excluding carboxylic acids is 2. The van der Waals surface area contributed by atoms with Crippen molar-refractivity contribution in [2.24, 2.45) is 0 Å². The van der Waals surface area contributed by atoms with Crippen molar-refractivity contribution in [1.82, 2.24) is 15.2 Å². The minimum Gasteiger partial charge on any atom is -0.351 e. The number of rotatable bonds is 6. The molecule has 0 bridgehead atoms. The molecule has 4 rings (SSSR count). The molecule has 1 saturated carbocycles. The highest BCUT2D eigenvalue weighted by Crippen LogP contribution is 2.33. The Morgan fingerprint density at radius 3 is 2.31 bits per heavy atom. The third kappa shape index (κ3) is 5.92. The summed E-state index contributed by atoms with van der Waals surface area (Å²) in [6.45, 7) is 7.41. The first-order valence-electron chi connectivity index (χ1n) is 13.1. The van der Waals surface area contributed by atoms with Crippen molar-refractivity contribution < 1.29 is 9.59 Å². The number of aromatic nitrogens is 1. The van der Waals surface area contributed by atoms with E-state index in [-0.39, 0.29) is 29.3 Å². The zero-order valence-electron chi connectivity index (χ0n) is 21.7. The summed E-state index contributed by atoms with van der Waals surface area (Å²) < 4.78 is 0. The average Bonchev–Trinajstić information content (AvgIpc) is 3.28. The van der Waals surface area contributed by atoms with Crippen LogP contribution in [0.1, 0.15) is 82.9 Å². The normalized spacial score (nSPS) is 20.4. The molecule has 2 aliphatic rings. The smallest absolute Gasteiger partial charge is 0.248 e. The molecule has 35 heavy (non-hydrogen) atoms. The first-order chi connectivity index (χ1) is 16.8. The van der Waals surface area contributed by atoms with Gasteiger partial charge in [0.15, 0.2) is 0 Å². The third-order valence-electron chi connectivity index (χ3n) is 7.51. The Hall–Kier alpha value is -2.73. The van der Waals surface area contributed by atoms with Gasteiger partial charge in [-0.15, -0.1) is 0 Å². The summed E-state index contributed by atoms with van der Waals surface area (Å²) in [5.41, 5.74) is 2.67. The number of amides is 2. The second kappa shape index (κ2) is 10.9. The van der Waals surface area contributed by atoms with Gasteiger partial charge in [-0.05, 0) is 68.5 Å². The maximum atomic E-state index is 14.1. The number of hydrogen-bond acceptors (Lipinski definition) is 4. The molecule has 2 aromatic rings. The SMILES string of the molecule is CN1CCCC1C(=O)N(c1ccc(C(C)(C)C)cc1)C(C(=O)NC1CCCCC1)c1cccnc1. The lowest BCUT2D eigenvalue weighted by Crippen LogP contribution is -2.51. The van der Waals surface area contributed by atoms with Crippen molar-refractivity contribution in [3.05, 3.63) is 59.9 Å². The molecule has 2 unspecified atom stereocenters. The molecule has 1 aliphatic carbocycles. The quantitative estimate of drug-likeness (QED) is 0.637. The standard InChI is InChI=1S/C29H40N4O2/c1-29(2,3)22-14-16-24(17-15-22)33(28(35)25-13-9-19-32(25)4)26(21-10-8-18-30-20-21)27(34)31-23-11-6-5-7-12-23/h8,10,14-18,20,23,25-26H,5-7,9,11-13,19H2,1-4H3,(H,31,34). The van der Waals surface area contributed by atoms with E-state index in [1.165, 1.54) is 12.0 Å². The first-order valence-corrected chi connectivity index (χ1v) is 13.1. The molecule has 1 aromatic heterocycles. The van der Waals surface area contributed by atoms with E-state index in [9.17, 15) is 9.59 Å². The summed E-state index contributed by atoms with van der Waals surface area (Å²) in [5, 5.41) is 3.29. The van der Waals surface area contributed by atoms with Gasteiger partial charge in [-0.3, -0.25) is 24.4 Å². The number of likely N-dealkylation sites (N-methyl/N-ethyl adjacent to an activating group) is 1. The third-order valence-corrected chi connectivity index (χ3v) is 7.51. The van der Waals surface area contributed by atoms with Crippen molar-refractivity contribution in [2.75, 3.05) is 18.5 Å². The van der Waals surface area contributed by atoms with Crippen LogP contribution in [-0.2, 0) is 15.0 Å². The Labute approximate surface area is 210 Å². The molecule has 188 valence electrons. The van der Waals surface area contributed by atoms with Crippen molar-refractivity contribution in [3.63, 3.8) is 0 Å². The van der Waals surface area contributed by atoms with Gasteiger partial charge in [0.05, 0.1) is 6.04 Å². The molecule has 6 heteroatoms. The van der Waals surface area contributed by atoms with Crippen molar-refractivity contribution in [2.45, 2.75) is 89.3 Å². The van der Waals surface area contributed by atoms with Gasteiger partial charge in [0.2, 0.25) is 11.8 Å². The van der Waals surface area contributed by atoms with Gasteiger partial charge in [-0.25, -0.2) is 0 Å². The summed E-state index contributed by atoms with van der Waals surface area (Å²) in [5.74, 6) is -0.153. The van der Waals surface area contributed by atoms with E-state index in [0.29, 0.717) is 0 Å². The Kier molecular flexibility index (Phi) is 7.90. The summed E-state index contributed by atoms with van der Waals surface area (Å²) >= 11 is 0. The maximum absolute atomic E-state index is 14.1. The van der Waals surface area contributed by atoms with E-state index >= 15 is 0 Å². The molecule has 2 fully saturated rings. The number of hydrogen-bond donors (Lipinski definition) is 1. The van der Waals surface area contributed by atoms with Gasteiger partial charge in [0.1, 0.15) is 6.04 Å². The van der Waals surface area contributed by atoms with E-state index in [4.69, 9.17) is 0 Å². The fourth-order valence-electron chi connectivity index (χ4n) is 5.39. The van der Waals surface area contributed by atoms with Crippen molar-refractivity contribution >= 4 is 17.5 Å². The Morgan fingerprint density at radius 2 is 1.74 bits per heavy atom. The number of likely N-dealkylation sites (tertiary alicyclic amines) is 1. The number of nitrogens with one attached hydrogen (secondary N) is 1. The molecule has 1 aliphatic heterocycles. The minimum absolute atomic E-state index is 0.000147. The van der Waals surface area contributed by atoms with Crippen LogP contribution >= 0.6 is 0 Å². The van der Waals surface area contributed by atoms with Crippen LogP contribution in [0.5, 0.6) is 0 Å². The van der Waals surface area contributed by atoms with Gasteiger partial charge >= 0.3 is 0 Å². The summed E-state index contributed by atoms with van der Waals surface area (Å²) in [6, 6.07) is 11.0. The lowest BCUT2D eigenvalue weighted by Gasteiger charge is -2.36. The van der Waals surface area contributed by atoms with E-state index in [2.05, 4.69) is 48.1 Å². The predicted molar refractivity (Wildman–Crippen MR) is 140 cm³/mol. The molecule has 2 atom stereocenters. The summed E-state index contributed by atoms with van der Waals surface area (Å²) in [6.07, 6.45) is 10.7. The predicted octanol–water partition coefficient (Wildman–Crippen LogP) is 5.00. The molecule has 2 amide bonds. The highest BCUT2D eigenvalue weighted by molar-refractivity contribution is 6.03. The largest absolute Gasteiger partial charge is 0.351 e. The van der Waals surface area contributed by atoms with E-state index in [1.807, 2.05) is 31.3 Å². The molecule has 6 nitrogen and oxygen atoms in total. The fourth-order valence-corrected chi connectivity index (χ4v) is 5.39. The molecular weight excluding hydrogens is 436 g/mol. The van der Waals surface area contributed by atoms with E-state index in [1.54, 1.807) is 17.3 Å². The minimum atomic E-state index is -0.771. The number of anilines is 1. The number of nitrogens with zero attached hydrogens (tertiary/aromatic N) is 3. The zero-order chi connectivity index (χ0) is 25.0. The van der Waals surface area contributed by atoms with Crippen LogP contribution < -0.4 is 10.2 Å². The highest BCUT2D eigenvalue weighted by atomic mass is 16.2. The van der Waals surface area contributed by atoms with E-state index < -0.39 is 6.04 Å². The number of carbonyl (C=O) groups is 2. The Morgan fingerprint density at radius 1 is 1.03 bits per heavy atom. The Balaban J connectivity index is 1.75. The van der Waals surface area contributed by atoms with Crippen LogP contribution in [0.2, 0.25) is 0 Å². The second-order valence-corrected chi connectivity index (χ2v) is 11.2. The van der Waals surface area contributed by atoms with Crippen LogP contribution in [-0.4, -0.2) is 47.4 Å². The molecule has 1 N–H and O–H groups in total. The molecule has 0 radical (unpaired) electrons. The first kappa shape index (κ1) is 25.4. The molecule has 1 aromatic carbocycles. The average molecular weight is 477 g/mol. The van der Waals surface area contributed by atoms with Gasteiger partial charge in [-0.1, -0.05) is 58.2 Å². The summed E-state index contributed by atoms with van der Waals surface area (Å²) in [7, 11) is 2.00. The zero-order valence-corrected chi connectivity index (χ0v) is 21.7. The van der Waals surface area contributed by atoms with Crippen LogP contribution in [0.4, 0.5) is 5.69 Å². The van der Waals surface area contributed by atoms with E-state index in [0.717, 1.165) is 56.3 Å². The lowest BCUT2D eigenvalue weighted by atomic mass is 9.87. The van der Waals surface area contributed by atoms with Crippen LogP contribution in [0.3, 0.4) is 0 Å². The summed E-state index contributed by atoms with van der Waals surface area (Å²) in [4.78, 5) is 36.2.